The van der Waals surface area contributed by atoms with Crippen LogP contribution in [0.4, 0.5) is 10.5 Å². The van der Waals surface area contributed by atoms with Crippen molar-refractivity contribution in [3.05, 3.63) is 47.1 Å². The van der Waals surface area contributed by atoms with Crippen LogP contribution in [-0.2, 0) is 39.8 Å². The van der Waals surface area contributed by atoms with Crippen LogP contribution in [0.5, 0.6) is 5.75 Å². The quantitative estimate of drug-likeness (QED) is 0.295. The summed E-state index contributed by atoms with van der Waals surface area (Å²) < 4.78 is 29.4. The van der Waals surface area contributed by atoms with Gasteiger partial charge in [-0.3, -0.25) is 14.9 Å². The zero-order valence-electron chi connectivity index (χ0n) is 31.3. The van der Waals surface area contributed by atoms with E-state index in [-0.39, 0.29) is 31.1 Å². The van der Waals surface area contributed by atoms with Crippen LogP contribution in [0.15, 0.2) is 35.9 Å². The summed E-state index contributed by atoms with van der Waals surface area (Å²) in [6.45, 7) is 8.98. The number of nitrogens with zero attached hydrogens (tertiary/aromatic N) is 2. The molecule has 13 nitrogen and oxygen atoms in total. The van der Waals surface area contributed by atoms with E-state index in [1.54, 1.807) is 47.2 Å². The molecule has 0 saturated carbocycles. The molecule has 0 aromatic heterocycles. The number of hydrogen-bond donors (Lipinski definition) is 2. The molecule has 14 heteroatoms. The summed E-state index contributed by atoms with van der Waals surface area (Å²) in [5.41, 5.74) is 0.292. The molecule has 4 bridgehead atoms. The highest BCUT2D eigenvalue weighted by Gasteiger charge is 2.64. The van der Waals surface area contributed by atoms with Gasteiger partial charge in [0, 0.05) is 51.3 Å². The molecule has 3 aliphatic heterocycles. The molecule has 1 aromatic carbocycles. The van der Waals surface area contributed by atoms with Gasteiger partial charge in [0.1, 0.15) is 35.7 Å². The Hall–Kier alpha value is -3.59. The van der Waals surface area contributed by atoms with E-state index in [2.05, 4.69) is 5.32 Å². The highest BCUT2D eigenvalue weighted by atomic mass is 32.2. The molecule has 51 heavy (non-hydrogen) atoms. The average molecular weight is 732 g/mol. The van der Waals surface area contributed by atoms with E-state index in [4.69, 9.17) is 23.7 Å². The maximum atomic E-state index is 14.1. The van der Waals surface area contributed by atoms with Crippen LogP contribution in [-0.4, -0.2) is 116 Å². The number of anilines is 1. The van der Waals surface area contributed by atoms with E-state index in [0.29, 0.717) is 23.6 Å². The van der Waals surface area contributed by atoms with Crippen molar-refractivity contribution >= 4 is 41.3 Å². The Morgan fingerprint density at radius 2 is 1.94 bits per heavy atom. The second-order valence-electron chi connectivity index (χ2n) is 14.0. The first kappa shape index (κ1) is 40.2. The molecule has 8 atom stereocenters. The van der Waals surface area contributed by atoms with Crippen molar-refractivity contribution in [3.8, 4) is 5.75 Å². The summed E-state index contributed by atoms with van der Waals surface area (Å²) in [6, 6.07) is 2.93. The topological polar surface area (TPSA) is 156 Å². The van der Waals surface area contributed by atoms with E-state index in [0.717, 1.165) is 16.7 Å². The number of likely N-dealkylation sites (N-methyl/N-ethyl adjacent to an activating group) is 1. The van der Waals surface area contributed by atoms with E-state index < -0.39 is 59.8 Å². The van der Waals surface area contributed by atoms with Crippen molar-refractivity contribution in [1.82, 2.24) is 10.2 Å². The van der Waals surface area contributed by atoms with Crippen molar-refractivity contribution in [2.75, 3.05) is 45.2 Å². The van der Waals surface area contributed by atoms with Gasteiger partial charge in [-0.1, -0.05) is 30.7 Å². The third-order valence-corrected chi connectivity index (χ3v) is 11.0. The monoisotopic (exact) mass is 731 g/mol. The first-order valence-electron chi connectivity index (χ1n) is 17.1. The number of epoxide rings is 1. The highest BCUT2D eigenvalue weighted by Crippen LogP contribution is 2.49. The van der Waals surface area contributed by atoms with E-state index >= 15 is 0 Å². The number of thioether (sulfide) groups is 1. The molecule has 3 aliphatic rings. The maximum Gasteiger partial charge on any atom is 0.409 e. The van der Waals surface area contributed by atoms with Gasteiger partial charge in [-0.2, -0.15) is 11.8 Å². The molecule has 3 amide bonds. The number of methoxy groups -OCH3 is 2. The van der Waals surface area contributed by atoms with Crippen LogP contribution >= 0.6 is 11.8 Å². The summed E-state index contributed by atoms with van der Waals surface area (Å²) in [5, 5.41) is 14.2. The first-order valence-corrected chi connectivity index (χ1v) is 18.5. The van der Waals surface area contributed by atoms with Crippen LogP contribution in [0, 0.1) is 12.8 Å². The molecular formula is C37H53N3O10S. The minimum Gasteiger partial charge on any atom is -0.496 e. The molecule has 2 N–H and O–H groups in total. The Kier molecular flexibility index (Phi) is 12.9. The van der Waals surface area contributed by atoms with Crippen LogP contribution < -0.4 is 15.0 Å². The number of hydrogen-bond acceptors (Lipinski definition) is 11. The number of fused-ring (bicyclic) bond motifs is 5. The van der Waals surface area contributed by atoms with Gasteiger partial charge >= 0.3 is 12.1 Å². The predicted molar refractivity (Wildman–Crippen MR) is 194 cm³/mol. The number of rotatable bonds is 8. The van der Waals surface area contributed by atoms with Gasteiger partial charge in [0.25, 0.3) is 0 Å². The second kappa shape index (κ2) is 16.4. The van der Waals surface area contributed by atoms with Gasteiger partial charge in [0.15, 0.2) is 5.72 Å². The smallest absolute Gasteiger partial charge is 0.409 e. The summed E-state index contributed by atoms with van der Waals surface area (Å²) >= 11 is 1.53. The first-order chi connectivity index (χ1) is 24.0. The van der Waals surface area contributed by atoms with E-state index in [1.165, 1.54) is 28.7 Å². The molecule has 0 aliphatic carbocycles. The third-order valence-electron chi connectivity index (χ3n) is 10.4. The molecule has 282 valence electrons. The van der Waals surface area contributed by atoms with Gasteiger partial charge in [-0.05, 0) is 58.1 Å². The summed E-state index contributed by atoms with van der Waals surface area (Å²) in [5.74, 6) is -0.504. The normalized spacial score (nSPS) is 31.9. The second-order valence-corrected chi connectivity index (χ2v) is 14.9. The van der Waals surface area contributed by atoms with Gasteiger partial charge in [0.05, 0.1) is 25.3 Å². The lowest BCUT2D eigenvalue weighted by Gasteiger charge is -2.42. The van der Waals surface area contributed by atoms with Crippen LogP contribution in [0.2, 0.25) is 0 Å². The van der Waals surface area contributed by atoms with Gasteiger partial charge < -0.3 is 38.6 Å². The lowest BCUT2D eigenvalue weighted by atomic mass is 9.83. The molecule has 2 fully saturated rings. The number of alkyl carbamates (subject to hydrolysis) is 1. The third kappa shape index (κ3) is 8.90. The lowest BCUT2D eigenvalue weighted by Crippen LogP contribution is -2.63. The molecule has 0 spiro atoms. The number of amides is 3. The fraction of sp³-hybridized carbons (Fsp3) is 0.622. The van der Waals surface area contributed by atoms with E-state index in [1.807, 2.05) is 45.2 Å². The number of nitrogens with one attached hydrogen (secondary N) is 1. The fourth-order valence-electron chi connectivity index (χ4n) is 6.84. The number of carbonyl (C=O) groups is 4. The fourth-order valence-corrected chi connectivity index (χ4v) is 7.22. The maximum absolute atomic E-state index is 14.1. The van der Waals surface area contributed by atoms with Gasteiger partial charge in [0.2, 0.25) is 11.8 Å². The van der Waals surface area contributed by atoms with Gasteiger partial charge in [-0.25, -0.2) is 9.59 Å². The number of esters is 1. The molecule has 3 heterocycles. The standard InChI is InChI=1S/C37H53N3O10S/c1-21-12-11-13-29(47-9)37(45)20-28(48-35(44)38-37)23(3)33-36(5,50-33)30(49-34(43)24(4)39(6)31(41)14-15-51-10)19-32(42)40(7)26-17-25(16-21)18-27(46-8)22(26)2/h11-13,17-18,23-24,28-30,33,45H,14-16,19-20H2,1-10H3,(H,38,44)/b13-11-,21-12+/t23-,24+,28+,29-,30-,33?,36+,37+/m0/s1. The number of carbonyl (C=O) groups excluding carboxylic acids is 4. The zero-order chi connectivity index (χ0) is 37.8. The Balaban J connectivity index is 1.76. The van der Waals surface area contributed by atoms with Crippen LogP contribution in [0.3, 0.4) is 0 Å². The van der Waals surface area contributed by atoms with Gasteiger partial charge in [-0.15, -0.1) is 0 Å². The molecule has 1 aromatic rings. The zero-order valence-corrected chi connectivity index (χ0v) is 32.1. The number of benzene rings is 1. The summed E-state index contributed by atoms with van der Waals surface area (Å²) in [4.78, 5) is 56.3. The molecule has 1 unspecified atom stereocenters. The molecule has 4 rings (SSSR count). The molecular weight excluding hydrogens is 678 g/mol. The Morgan fingerprint density at radius 3 is 2.59 bits per heavy atom. The summed E-state index contributed by atoms with van der Waals surface area (Å²) in [7, 11) is 6.24. The highest BCUT2D eigenvalue weighted by molar-refractivity contribution is 7.98. The van der Waals surface area contributed by atoms with Crippen molar-refractivity contribution in [1.29, 1.82) is 0 Å². The van der Waals surface area contributed by atoms with E-state index in [9.17, 15) is 24.3 Å². The van der Waals surface area contributed by atoms with Crippen molar-refractivity contribution in [3.63, 3.8) is 0 Å². The Bertz CT molecular complexity index is 1550. The lowest BCUT2D eigenvalue weighted by molar-refractivity contribution is -0.162. The Morgan fingerprint density at radius 1 is 1.24 bits per heavy atom. The average Bonchev–Trinajstić information content (AvgIpc) is 3.79. The molecule has 2 saturated heterocycles. The number of ether oxygens (including phenoxy) is 5. The van der Waals surface area contributed by atoms with Crippen molar-refractivity contribution in [2.24, 2.45) is 5.92 Å². The number of aliphatic hydroxyl groups is 1. The Labute approximate surface area is 305 Å². The van der Waals surface area contributed by atoms with Crippen molar-refractivity contribution < 1.29 is 48.0 Å². The van der Waals surface area contributed by atoms with Crippen LogP contribution in [0.25, 0.3) is 0 Å². The predicted octanol–water partition coefficient (Wildman–Crippen LogP) is 3.92. The van der Waals surface area contributed by atoms with Crippen molar-refractivity contribution in [2.45, 2.75) is 102 Å². The SMILES string of the molecule is COc1cc2cc(c1C)N(C)C(=O)C[C@H](OC(=O)[C@@H](C)N(C)C(=O)CCSC)[C@@]1(C)OC1[C@@H](C)[C@H]1C[C@](O)(NC(=O)O1)[C@@H](OC)/C=C\C=C(/C)C2. The number of allylic oxidation sites excluding steroid dienone is 3. The minimum atomic E-state index is -1.80. The van der Waals surface area contributed by atoms with Crippen LogP contribution in [0.1, 0.15) is 58.1 Å². The largest absolute Gasteiger partial charge is 0.496 e. The summed E-state index contributed by atoms with van der Waals surface area (Å²) in [6.07, 6.45) is 3.51. The molecule has 0 radical (unpaired) electrons. The minimum absolute atomic E-state index is 0.0294.